The number of anilines is 1. The van der Waals surface area contributed by atoms with Crippen LogP contribution in [0.15, 0.2) is 35.1 Å². The second-order valence-electron chi connectivity index (χ2n) is 4.79. The molecule has 0 unspecified atom stereocenters. The van der Waals surface area contributed by atoms with E-state index >= 15 is 0 Å². The Kier molecular flexibility index (Phi) is 3.64. The van der Waals surface area contributed by atoms with Gasteiger partial charge in [-0.15, -0.1) is 0 Å². The topological polar surface area (TPSA) is 92.2 Å². The maximum atomic E-state index is 12.0. The van der Waals surface area contributed by atoms with Gasteiger partial charge in [0.2, 0.25) is 11.9 Å². The summed E-state index contributed by atoms with van der Waals surface area (Å²) in [4.78, 5) is 31.9. The Bertz CT molecular complexity index is 898. The predicted molar refractivity (Wildman–Crippen MR) is 82.1 cm³/mol. The molecule has 0 bridgehead atoms. The van der Waals surface area contributed by atoms with Crippen molar-refractivity contribution in [3.8, 4) is 0 Å². The van der Waals surface area contributed by atoms with Crippen molar-refractivity contribution in [1.82, 2.24) is 19.6 Å². The second-order valence-corrected chi connectivity index (χ2v) is 5.23. The third kappa shape index (κ3) is 2.99. The lowest BCUT2D eigenvalue weighted by molar-refractivity contribution is -0.115. The Hall–Kier alpha value is -2.67. The van der Waals surface area contributed by atoms with Crippen LogP contribution in [-0.4, -0.2) is 25.5 Å². The minimum absolute atomic E-state index is 0.175. The Morgan fingerprint density at radius 1 is 1.32 bits per heavy atom. The lowest BCUT2D eigenvalue weighted by Gasteiger charge is -2.01. The van der Waals surface area contributed by atoms with E-state index in [9.17, 15) is 9.59 Å². The van der Waals surface area contributed by atoms with Gasteiger partial charge in [-0.05, 0) is 24.6 Å². The number of nitrogens with one attached hydrogen (secondary N) is 2. The summed E-state index contributed by atoms with van der Waals surface area (Å²) < 4.78 is 1.17. The fourth-order valence-corrected chi connectivity index (χ4v) is 2.14. The van der Waals surface area contributed by atoms with Gasteiger partial charge in [-0.3, -0.25) is 20.0 Å². The highest BCUT2D eigenvalue weighted by Gasteiger charge is 2.10. The van der Waals surface area contributed by atoms with Crippen LogP contribution in [0.3, 0.4) is 0 Å². The van der Waals surface area contributed by atoms with E-state index in [1.165, 1.54) is 10.6 Å². The van der Waals surface area contributed by atoms with Gasteiger partial charge in [0.25, 0.3) is 11.3 Å². The van der Waals surface area contributed by atoms with Gasteiger partial charge in [0.15, 0.2) is 0 Å². The lowest BCUT2D eigenvalue weighted by atomic mass is 10.1. The summed E-state index contributed by atoms with van der Waals surface area (Å²) in [7, 11) is 0. The molecule has 7 nitrogen and oxygen atoms in total. The first-order chi connectivity index (χ1) is 10.5. The Balaban J connectivity index is 1.78. The molecule has 22 heavy (non-hydrogen) atoms. The number of H-pyrrole nitrogens is 1. The van der Waals surface area contributed by atoms with Crippen molar-refractivity contribution < 1.29 is 4.79 Å². The largest absolute Gasteiger partial charge is 0.295 e. The van der Waals surface area contributed by atoms with Crippen molar-refractivity contribution in [2.45, 2.75) is 13.3 Å². The maximum Gasteiger partial charge on any atom is 0.274 e. The monoisotopic (exact) mass is 317 g/mol. The zero-order chi connectivity index (χ0) is 15.7. The van der Waals surface area contributed by atoms with E-state index in [-0.39, 0.29) is 29.6 Å². The van der Waals surface area contributed by atoms with Gasteiger partial charge in [-0.1, -0.05) is 23.7 Å². The van der Waals surface area contributed by atoms with Crippen LogP contribution in [0.4, 0.5) is 5.95 Å². The van der Waals surface area contributed by atoms with Gasteiger partial charge in [0.1, 0.15) is 0 Å². The molecular formula is C14H12ClN5O2. The van der Waals surface area contributed by atoms with Gasteiger partial charge >= 0.3 is 0 Å². The van der Waals surface area contributed by atoms with E-state index in [2.05, 4.69) is 20.4 Å². The van der Waals surface area contributed by atoms with Crippen molar-refractivity contribution in [1.29, 1.82) is 0 Å². The summed E-state index contributed by atoms with van der Waals surface area (Å²) in [6.07, 6.45) is 0.176. The van der Waals surface area contributed by atoms with Gasteiger partial charge < -0.3 is 0 Å². The second kappa shape index (κ2) is 5.61. The minimum atomic E-state index is -0.284. The van der Waals surface area contributed by atoms with E-state index in [1.54, 1.807) is 31.2 Å². The van der Waals surface area contributed by atoms with E-state index in [4.69, 9.17) is 11.6 Å². The number of aromatic nitrogens is 4. The fraction of sp³-hybridized carbons (Fsp3) is 0.143. The third-order valence-electron chi connectivity index (χ3n) is 2.99. The van der Waals surface area contributed by atoms with E-state index in [0.717, 1.165) is 5.56 Å². The molecule has 1 aromatic carbocycles. The van der Waals surface area contributed by atoms with Crippen LogP contribution < -0.4 is 10.9 Å². The highest BCUT2D eigenvalue weighted by atomic mass is 35.5. The number of halogens is 1. The van der Waals surface area contributed by atoms with Gasteiger partial charge in [-0.2, -0.15) is 9.50 Å². The molecule has 3 rings (SSSR count). The molecule has 1 amide bonds. The number of fused-ring (bicyclic) bond motifs is 1. The standard InChI is InChI=1S/C14H12ClN5O2/c1-8-6-12(22)20-14(16-8)18-13(19-20)17-11(21)7-9-2-4-10(15)5-3-9/h2-6H,7H2,1H3,(H2,16,17,18,19,21). The third-order valence-corrected chi connectivity index (χ3v) is 3.25. The van der Waals surface area contributed by atoms with E-state index in [1.807, 2.05) is 0 Å². The lowest BCUT2D eigenvalue weighted by Crippen LogP contribution is -2.17. The quantitative estimate of drug-likeness (QED) is 0.766. The Morgan fingerprint density at radius 2 is 2.05 bits per heavy atom. The molecule has 0 atom stereocenters. The number of benzene rings is 1. The summed E-state index contributed by atoms with van der Waals surface area (Å²) in [6, 6.07) is 8.37. The molecule has 0 fully saturated rings. The number of hydrogen-bond acceptors (Lipinski definition) is 4. The first-order valence-corrected chi connectivity index (χ1v) is 6.90. The summed E-state index contributed by atoms with van der Waals surface area (Å²) >= 11 is 5.80. The summed E-state index contributed by atoms with van der Waals surface area (Å²) in [6.45, 7) is 1.70. The molecule has 2 N–H and O–H groups in total. The molecule has 0 saturated heterocycles. The summed E-state index contributed by atoms with van der Waals surface area (Å²) in [5.41, 5.74) is 1.10. The number of aromatic amines is 1. The van der Waals surface area contributed by atoms with Gasteiger partial charge in [0, 0.05) is 16.8 Å². The number of carbonyl (C=O) groups is 1. The smallest absolute Gasteiger partial charge is 0.274 e. The number of nitrogens with zero attached hydrogens (tertiary/aromatic N) is 3. The average molecular weight is 318 g/mol. The number of aryl methyl sites for hydroxylation is 1. The van der Waals surface area contributed by atoms with Crippen LogP contribution in [0.25, 0.3) is 5.78 Å². The first kappa shape index (κ1) is 14.3. The molecule has 2 aromatic heterocycles. The van der Waals surface area contributed by atoms with Crippen molar-refractivity contribution in [3.05, 3.63) is 57.0 Å². The molecule has 2 heterocycles. The van der Waals surface area contributed by atoms with E-state index in [0.29, 0.717) is 10.7 Å². The molecular weight excluding hydrogens is 306 g/mol. The first-order valence-electron chi connectivity index (χ1n) is 6.52. The van der Waals surface area contributed by atoms with Gasteiger partial charge in [-0.25, -0.2) is 4.98 Å². The molecule has 0 radical (unpaired) electrons. The Morgan fingerprint density at radius 3 is 2.77 bits per heavy atom. The van der Waals surface area contributed by atoms with Gasteiger partial charge in [0.05, 0.1) is 6.42 Å². The number of amides is 1. The van der Waals surface area contributed by atoms with Crippen LogP contribution in [0.5, 0.6) is 0 Å². The minimum Gasteiger partial charge on any atom is -0.295 e. The normalized spacial score (nSPS) is 10.8. The number of carbonyl (C=O) groups excluding carboxylic acids is 1. The zero-order valence-corrected chi connectivity index (χ0v) is 12.4. The maximum absolute atomic E-state index is 12.0. The molecule has 8 heteroatoms. The molecule has 0 aliphatic rings. The van der Waals surface area contributed by atoms with Crippen LogP contribution in [-0.2, 0) is 11.2 Å². The van der Waals surface area contributed by atoms with Crippen molar-refractivity contribution in [2.24, 2.45) is 0 Å². The highest BCUT2D eigenvalue weighted by molar-refractivity contribution is 6.30. The molecule has 0 spiro atoms. The van der Waals surface area contributed by atoms with Crippen molar-refractivity contribution in [2.75, 3.05) is 5.32 Å². The van der Waals surface area contributed by atoms with Crippen LogP contribution in [0, 0.1) is 6.92 Å². The zero-order valence-electron chi connectivity index (χ0n) is 11.6. The van der Waals surface area contributed by atoms with E-state index < -0.39 is 0 Å². The van der Waals surface area contributed by atoms with Crippen LogP contribution in [0.1, 0.15) is 11.3 Å². The molecule has 3 aromatic rings. The molecule has 0 aliphatic heterocycles. The predicted octanol–water partition coefficient (Wildman–Crippen LogP) is 1.56. The Labute approximate surface area is 130 Å². The highest BCUT2D eigenvalue weighted by Crippen LogP contribution is 2.10. The number of hydrogen-bond donors (Lipinski definition) is 2. The molecule has 0 saturated carbocycles. The summed E-state index contributed by atoms with van der Waals surface area (Å²) in [5, 5.41) is 5.91. The number of rotatable bonds is 3. The summed E-state index contributed by atoms with van der Waals surface area (Å²) in [5.74, 6) is 0.132. The fourth-order valence-electron chi connectivity index (χ4n) is 2.01. The SMILES string of the molecule is Cc1cc(=O)n2[nH]c(NC(=O)Cc3ccc(Cl)cc3)nc2n1. The van der Waals surface area contributed by atoms with Crippen LogP contribution in [0.2, 0.25) is 5.02 Å². The molecule has 112 valence electrons. The van der Waals surface area contributed by atoms with Crippen LogP contribution >= 0.6 is 11.6 Å². The molecule has 0 aliphatic carbocycles. The van der Waals surface area contributed by atoms with Crippen molar-refractivity contribution >= 4 is 29.2 Å². The van der Waals surface area contributed by atoms with Crippen molar-refractivity contribution in [3.63, 3.8) is 0 Å². The average Bonchev–Trinajstić information content (AvgIpc) is 2.84.